The summed E-state index contributed by atoms with van der Waals surface area (Å²) < 4.78 is 0. The first-order chi connectivity index (χ1) is 20.7. The van der Waals surface area contributed by atoms with Crippen LogP contribution in [-0.4, -0.2) is 73.1 Å². The quantitative estimate of drug-likeness (QED) is 0.0432. The van der Waals surface area contributed by atoms with Crippen LogP contribution in [0, 0.1) is 0 Å². The highest BCUT2D eigenvalue weighted by molar-refractivity contribution is 5.56. The zero-order valence-corrected chi connectivity index (χ0v) is 28.0. The molecule has 0 heterocycles. The molecule has 0 aliphatic heterocycles. The zero-order valence-electron chi connectivity index (χ0n) is 28.0. The van der Waals surface area contributed by atoms with Crippen molar-refractivity contribution in [2.45, 2.75) is 174 Å². The molecule has 0 bridgehead atoms. The van der Waals surface area contributed by atoms with E-state index in [-0.39, 0.29) is 6.61 Å². The van der Waals surface area contributed by atoms with Crippen LogP contribution in [0.25, 0.3) is 0 Å². The summed E-state index contributed by atoms with van der Waals surface area (Å²) in [5.74, 6) is 0. The lowest BCUT2D eigenvalue weighted by atomic mass is 10.1. The van der Waals surface area contributed by atoms with Crippen molar-refractivity contribution >= 4 is 12.4 Å². The van der Waals surface area contributed by atoms with Crippen LogP contribution in [0.2, 0.25) is 0 Å². The van der Waals surface area contributed by atoms with Crippen LogP contribution in [0.3, 0.4) is 0 Å². The van der Waals surface area contributed by atoms with E-state index in [0.29, 0.717) is 32.8 Å². The summed E-state index contributed by atoms with van der Waals surface area (Å²) in [4.78, 5) is 12.9. The van der Waals surface area contributed by atoms with Gasteiger partial charge in [0.2, 0.25) is 0 Å². The van der Waals surface area contributed by atoms with Crippen molar-refractivity contribution in [1.82, 2.24) is 4.90 Å². The Hall–Kier alpha value is -1.18. The molecule has 1 atom stereocenters. The van der Waals surface area contributed by atoms with Crippen LogP contribution in [-0.2, 0) is 9.68 Å². The SMILES string of the molecule is CCCCCCCCCCCCC/C=N/OCCN(CCO/N=C/CCCCCCCCCCCCC)CC(O)CO. The Kier molecular flexibility index (Phi) is 35.0. The molecule has 0 rings (SSSR count). The largest absolute Gasteiger partial charge is 0.395 e. The molecule has 0 aromatic carbocycles. The van der Waals surface area contributed by atoms with Crippen LogP contribution >= 0.6 is 0 Å². The fourth-order valence-electron chi connectivity index (χ4n) is 5.11. The van der Waals surface area contributed by atoms with Gasteiger partial charge in [-0.05, 0) is 25.7 Å². The van der Waals surface area contributed by atoms with Crippen molar-refractivity contribution in [3.8, 4) is 0 Å². The summed E-state index contributed by atoms with van der Waals surface area (Å²) in [7, 11) is 0. The number of aliphatic hydroxyl groups is 2. The fraction of sp³-hybridized carbons (Fsp3) is 0.943. The molecule has 42 heavy (non-hydrogen) atoms. The molecule has 0 aliphatic carbocycles. The minimum Gasteiger partial charge on any atom is -0.395 e. The predicted molar refractivity (Wildman–Crippen MR) is 181 cm³/mol. The Bertz CT molecular complexity index is 520. The molecular weight excluding hydrogens is 526 g/mol. The lowest BCUT2D eigenvalue weighted by molar-refractivity contribution is 0.0303. The highest BCUT2D eigenvalue weighted by Crippen LogP contribution is 2.13. The van der Waals surface area contributed by atoms with Gasteiger partial charge < -0.3 is 19.9 Å². The van der Waals surface area contributed by atoms with Crippen LogP contribution in [0.4, 0.5) is 0 Å². The molecule has 7 nitrogen and oxygen atoms in total. The third kappa shape index (κ3) is 33.3. The van der Waals surface area contributed by atoms with Crippen LogP contribution < -0.4 is 0 Å². The average molecular weight is 598 g/mol. The molecule has 1 unspecified atom stereocenters. The van der Waals surface area contributed by atoms with Crippen molar-refractivity contribution in [2.24, 2.45) is 10.3 Å². The van der Waals surface area contributed by atoms with Gasteiger partial charge in [0.05, 0.1) is 12.7 Å². The number of unbranched alkanes of at least 4 members (excludes halogenated alkanes) is 22. The maximum absolute atomic E-state index is 9.87. The Morgan fingerprint density at radius 2 is 0.881 bits per heavy atom. The van der Waals surface area contributed by atoms with Gasteiger partial charge in [0.15, 0.2) is 0 Å². The zero-order chi connectivity index (χ0) is 30.6. The Balaban J connectivity index is 3.70. The summed E-state index contributed by atoms with van der Waals surface area (Å²) in [6.45, 7) is 6.75. The van der Waals surface area contributed by atoms with E-state index >= 15 is 0 Å². The first-order valence-corrected chi connectivity index (χ1v) is 18.0. The molecule has 0 radical (unpaired) electrons. The van der Waals surface area contributed by atoms with Gasteiger partial charge in [-0.15, -0.1) is 0 Å². The summed E-state index contributed by atoms with van der Waals surface area (Å²) >= 11 is 0. The predicted octanol–water partition coefficient (Wildman–Crippen LogP) is 9.05. The number of aliphatic hydroxyl groups excluding tert-OH is 2. The van der Waals surface area contributed by atoms with E-state index in [1.165, 1.54) is 128 Å². The van der Waals surface area contributed by atoms with Gasteiger partial charge in [0.25, 0.3) is 0 Å². The number of hydrogen-bond acceptors (Lipinski definition) is 7. The topological polar surface area (TPSA) is 86.9 Å². The van der Waals surface area contributed by atoms with Gasteiger partial charge in [0, 0.05) is 32.1 Å². The van der Waals surface area contributed by atoms with E-state index in [1.54, 1.807) is 0 Å². The van der Waals surface area contributed by atoms with Gasteiger partial charge in [-0.1, -0.05) is 153 Å². The average Bonchev–Trinajstić information content (AvgIpc) is 3.00. The molecule has 0 saturated carbocycles. The van der Waals surface area contributed by atoms with Gasteiger partial charge in [0.1, 0.15) is 13.2 Å². The monoisotopic (exact) mass is 598 g/mol. The maximum Gasteiger partial charge on any atom is 0.129 e. The van der Waals surface area contributed by atoms with Gasteiger partial charge in [-0.2, -0.15) is 0 Å². The number of nitrogens with zero attached hydrogens (tertiary/aromatic N) is 3. The third-order valence-corrected chi connectivity index (χ3v) is 7.85. The number of rotatable bonds is 35. The smallest absolute Gasteiger partial charge is 0.129 e. The normalized spacial score (nSPS) is 12.7. The molecule has 0 amide bonds. The molecule has 0 aliphatic rings. The van der Waals surface area contributed by atoms with Crippen molar-refractivity contribution in [3.05, 3.63) is 0 Å². The molecule has 0 aromatic heterocycles. The Morgan fingerprint density at radius 3 is 1.21 bits per heavy atom. The van der Waals surface area contributed by atoms with Crippen molar-refractivity contribution in [1.29, 1.82) is 0 Å². The molecular formula is C35H71N3O4. The minimum absolute atomic E-state index is 0.258. The highest BCUT2D eigenvalue weighted by atomic mass is 16.6. The van der Waals surface area contributed by atoms with E-state index in [2.05, 4.69) is 24.2 Å². The number of oxime groups is 2. The van der Waals surface area contributed by atoms with Crippen molar-refractivity contribution in [2.75, 3.05) is 39.5 Å². The maximum atomic E-state index is 9.87. The summed E-state index contributed by atoms with van der Waals surface area (Å²) in [5, 5.41) is 27.3. The van der Waals surface area contributed by atoms with Crippen molar-refractivity contribution < 1.29 is 19.9 Å². The molecule has 2 N–H and O–H groups in total. The number of hydrogen-bond donors (Lipinski definition) is 2. The standard InChI is InChI=1S/C35H71N3O4/c1-3-5-7-9-11-13-15-17-19-21-23-25-27-36-41-31-29-38(33-35(40)34-39)30-32-42-37-28-26-24-22-20-18-16-14-12-10-8-6-4-2/h27-28,35,39-40H,3-26,29-34H2,1-2H3/b36-27+,37-28+. The molecule has 0 fully saturated rings. The molecule has 250 valence electrons. The lowest BCUT2D eigenvalue weighted by Crippen LogP contribution is -2.38. The van der Waals surface area contributed by atoms with E-state index in [1.807, 2.05) is 17.3 Å². The Morgan fingerprint density at radius 1 is 0.548 bits per heavy atom. The van der Waals surface area contributed by atoms with Crippen LogP contribution in [0.5, 0.6) is 0 Å². The first kappa shape index (κ1) is 40.8. The van der Waals surface area contributed by atoms with E-state index < -0.39 is 6.10 Å². The van der Waals surface area contributed by atoms with Gasteiger partial charge >= 0.3 is 0 Å². The summed E-state index contributed by atoms with van der Waals surface area (Å²) in [6.07, 6.45) is 34.5. The molecule has 0 saturated heterocycles. The Labute approximate surface area is 260 Å². The van der Waals surface area contributed by atoms with Crippen molar-refractivity contribution in [3.63, 3.8) is 0 Å². The van der Waals surface area contributed by atoms with Gasteiger partial charge in [-0.3, -0.25) is 4.90 Å². The van der Waals surface area contributed by atoms with E-state index in [9.17, 15) is 10.2 Å². The van der Waals surface area contributed by atoms with E-state index in [0.717, 1.165) is 25.7 Å². The molecule has 0 spiro atoms. The second-order valence-corrected chi connectivity index (χ2v) is 12.0. The van der Waals surface area contributed by atoms with Crippen LogP contribution in [0.1, 0.15) is 168 Å². The first-order valence-electron chi connectivity index (χ1n) is 18.0. The highest BCUT2D eigenvalue weighted by Gasteiger charge is 2.11. The summed E-state index contributed by atoms with van der Waals surface area (Å²) in [5.41, 5.74) is 0. The third-order valence-electron chi connectivity index (χ3n) is 7.85. The lowest BCUT2D eigenvalue weighted by Gasteiger charge is -2.23. The second kappa shape index (κ2) is 36.0. The van der Waals surface area contributed by atoms with Gasteiger partial charge in [-0.25, -0.2) is 0 Å². The second-order valence-electron chi connectivity index (χ2n) is 12.0. The minimum atomic E-state index is -0.779. The van der Waals surface area contributed by atoms with Crippen LogP contribution in [0.15, 0.2) is 10.3 Å². The molecule has 0 aromatic rings. The molecule has 7 heteroatoms. The summed E-state index contributed by atoms with van der Waals surface area (Å²) in [6, 6.07) is 0. The fourth-order valence-corrected chi connectivity index (χ4v) is 5.11. The van der Waals surface area contributed by atoms with E-state index in [4.69, 9.17) is 9.68 Å².